The van der Waals surface area contributed by atoms with Gasteiger partial charge in [-0.15, -0.1) is 11.3 Å². The van der Waals surface area contributed by atoms with Gasteiger partial charge in [-0.1, -0.05) is 12.1 Å². The standard InChI is InChI=1S/C16H10F2N4S/c17-9-3-1-8(2-4-9)13-14(19)22-16(23-13)12-7-21-15-11(12)5-10(18)6-20-15/h1-7H,19H2,(H,20,21). The van der Waals surface area contributed by atoms with E-state index in [1.807, 2.05) is 0 Å². The number of H-pyrrole nitrogens is 1. The van der Waals surface area contributed by atoms with Gasteiger partial charge < -0.3 is 10.7 Å². The lowest BCUT2D eigenvalue weighted by atomic mass is 10.2. The van der Waals surface area contributed by atoms with Gasteiger partial charge in [-0.3, -0.25) is 0 Å². The number of anilines is 1. The fourth-order valence-electron chi connectivity index (χ4n) is 2.41. The summed E-state index contributed by atoms with van der Waals surface area (Å²) in [5.41, 5.74) is 8.10. The number of halogens is 2. The van der Waals surface area contributed by atoms with Crippen LogP contribution in [0.15, 0.2) is 42.7 Å². The first-order chi connectivity index (χ1) is 11.1. The third-order valence-electron chi connectivity index (χ3n) is 3.49. The maximum absolute atomic E-state index is 13.4. The minimum absolute atomic E-state index is 0.310. The maximum atomic E-state index is 13.4. The van der Waals surface area contributed by atoms with Crippen molar-refractivity contribution < 1.29 is 8.78 Å². The number of hydrogen-bond acceptors (Lipinski definition) is 4. The molecule has 0 radical (unpaired) electrons. The highest BCUT2D eigenvalue weighted by Gasteiger charge is 2.16. The summed E-state index contributed by atoms with van der Waals surface area (Å²) >= 11 is 1.37. The molecule has 7 heteroatoms. The zero-order valence-electron chi connectivity index (χ0n) is 11.7. The van der Waals surface area contributed by atoms with E-state index in [4.69, 9.17) is 5.73 Å². The molecule has 4 aromatic rings. The van der Waals surface area contributed by atoms with Crippen LogP contribution in [0.3, 0.4) is 0 Å². The zero-order chi connectivity index (χ0) is 16.0. The Morgan fingerprint density at radius 3 is 2.65 bits per heavy atom. The second-order valence-corrected chi connectivity index (χ2v) is 5.99. The van der Waals surface area contributed by atoms with Crippen LogP contribution < -0.4 is 5.73 Å². The Bertz CT molecular complexity index is 1000. The van der Waals surface area contributed by atoms with Crippen LogP contribution in [0.2, 0.25) is 0 Å². The van der Waals surface area contributed by atoms with Crippen LogP contribution in [0, 0.1) is 11.6 Å². The smallest absolute Gasteiger partial charge is 0.143 e. The molecule has 0 unspecified atom stereocenters. The van der Waals surface area contributed by atoms with Gasteiger partial charge in [0.2, 0.25) is 0 Å². The van der Waals surface area contributed by atoms with Crippen molar-refractivity contribution in [1.29, 1.82) is 0 Å². The molecule has 0 atom stereocenters. The number of nitrogens with one attached hydrogen (secondary N) is 1. The molecule has 4 nitrogen and oxygen atoms in total. The molecule has 0 spiro atoms. The molecule has 3 aromatic heterocycles. The topological polar surface area (TPSA) is 67.6 Å². The first-order valence-electron chi connectivity index (χ1n) is 6.77. The van der Waals surface area contributed by atoms with Crippen LogP contribution in [0.5, 0.6) is 0 Å². The maximum Gasteiger partial charge on any atom is 0.143 e. The monoisotopic (exact) mass is 328 g/mol. The van der Waals surface area contributed by atoms with Crippen LogP contribution >= 0.6 is 11.3 Å². The molecule has 4 rings (SSSR count). The molecule has 0 aliphatic rings. The molecule has 0 saturated heterocycles. The second-order valence-electron chi connectivity index (χ2n) is 4.99. The summed E-state index contributed by atoms with van der Waals surface area (Å²) in [7, 11) is 0. The second kappa shape index (κ2) is 5.13. The summed E-state index contributed by atoms with van der Waals surface area (Å²) in [6.45, 7) is 0. The minimum Gasteiger partial charge on any atom is -0.382 e. The molecule has 0 bridgehead atoms. The Kier molecular flexibility index (Phi) is 3.09. The molecule has 3 N–H and O–H groups in total. The van der Waals surface area contributed by atoms with Gasteiger partial charge in [0.05, 0.1) is 11.1 Å². The van der Waals surface area contributed by atoms with E-state index in [0.717, 1.165) is 22.2 Å². The Labute approximate surface area is 133 Å². The number of fused-ring (bicyclic) bond motifs is 1. The fourth-order valence-corrected chi connectivity index (χ4v) is 3.43. The van der Waals surface area contributed by atoms with Gasteiger partial charge in [0, 0.05) is 17.1 Å². The Morgan fingerprint density at radius 2 is 1.87 bits per heavy atom. The Hall–Kier alpha value is -2.80. The average Bonchev–Trinajstić information content (AvgIpc) is 3.11. The van der Waals surface area contributed by atoms with Crippen molar-refractivity contribution >= 4 is 28.2 Å². The average molecular weight is 328 g/mol. The molecule has 3 heterocycles. The fraction of sp³-hybridized carbons (Fsp3) is 0. The molecule has 0 amide bonds. The highest BCUT2D eigenvalue weighted by molar-refractivity contribution is 7.19. The summed E-state index contributed by atoms with van der Waals surface area (Å²) in [6.07, 6.45) is 2.88. The van der Waals surface area contributed by atoms with E-state index in [2.05, 4.69) is 15.0 Å². The number of hydrogen-bond donors (Lipinski definition) is 2. The molecular formula is C16H10F2N4S. The molecular weight excluding hydrogens is 318 g/mol. The number of nitrogens with zero attached hydrogens (tertiary/aromatic N) is 2. The Morgan fingerprint density at radius 1 is 1.09 bits per heavy atom. The van der Waals surface area contributed by atoms with E-state index in [1.54, 1.807) is 18.3 Å². The van der Waals surface area contributed by atoms with Gasteiger partial charge in [-0.25, -0.2) is 18.7 Å². The molecule has 0 saturated carbocycles. The number of nitrogen functional groups attached to an aromatic ring is 1. The van der Waals surface area contributed by atoms with Crippen LogP contribution in [0.25, 0.3) is 32.0 Å². The Balaban J connectivity index is 1.85. The van der Waals surface area contributed by atoms with Gasteiger partial charge in [-0.05, 0) is 23.8 Å². The van der Waals surface area contributed by atoms with E-state index < -0.39 is 5.82 Å². The quantitative estimate of drug-likeness (QED) is 0.579. The number of pyridine rings is 1. The van der Waals surface area contributed by atoms with E-state index >= 15 is 0 Å². The lowest BCUT2D eigenvalue weighted by Crippen LogP contribution is -1.87. The molecule has 0 aliphatic carbocycles. The van der Waals surface area contributed by atoms with Crippen molar-refractivity contribution in [1.82, 2.24) is 15.0 Å². The van der Waals surface area contributed by atoms with Crippen molar-refractivity contribution in [3.63, 3.8) is 0 Å². The van der Waals surface area contributed by atoms with E-state index in [9.17, 15) is 8.78 Å². The van der Waals surface area contributed by atoms with Crippen molar-refractivity contribution in [2.24, 2.45) is 0 Å². The molecule has 0 fully saturated rings. The van der Waals surface area contributed by atoms with Crippen LogP contribution in [-0.2, 0) is 0 Å². The summed E-state index contributed by atoms with van der Waals surface area (Å²) in [5.74, 6) is -0.368. The highest BCUT2D eigenvalue weighted by atomic mass is 32.1. The number of thiazole rings is 1. The lowest BCUT2D eigenvalue weighted by molar-refractivity contribution is 0.624. The molecule has 0 aliphatic heterocycles. The summed E-state index contributed by atoms with van der Waals surface area (Å²) < 4.78 is 26.5. The summed E-state index contributed by atoms with van der Waals surface area (Å²) in [6, 6.07) is 7.46. The van der Waals surface area contributed by atoms with E-state index in [0.29, 0.717) is 21.9 Å². The number of rotatable bonds is 2. The predicted molar refractivity (Wildman–Crippen MR) is 87.0 cm³/mol. The zero-order valence-corrected chi connectivity index (χ0v) is 12.5. The van der Waals surface area contributed by atoms with Gasteiger partial charge in [0.25, 0.3) is 0 Å². The van der Waals surface area contributed by atoms with Crippen molar-refractivity contribution in [3.8, 4) is 21.0 Å². The number of aromatic amines is 1. The van der Waals surface area contributed by atoms with Crippen molar-refractivity contribution in [3.05, 3.63) is 54.4 Å². The van der Waals surface area contributed by atoms with Gasteiger partial charge in [-0.2, -0.15) is 0 Å². The third-order valence-corrected chi connectivity index (χ3v) is 4.64. The minimum atomic E-state index is -0.415. The lowest BCUT2D eigenvalue weighted by Gasteiger charge is -1.97. The number of aromatic nitrogens is 3. The normalized spacial score (nSPS) is 11.2. The van der Waals surface area contributed by atoms with Crippen molar-refractivity contribution in [2.75, 3.05) is 5.73 Å². The SMILES string of the molecule is Nc1nc(-c2c[nH]c3ncc(F)cc23)sc1-c1ccc(F)cc1. The number of benzene rings is 1. The third kappa shape index (κ3) is 2.35. The van der Waals surface area contributed by atoms with Gasteiger partial charge in [0.1, 0.15) is 28.1 Å². The first-order valence-corrected chi connectivity index (χ1v) is 7.59. The van der Waals surface area contributed by atoms with E-state index in [1.165, 1.54) is 29.5 Å². The highest BCUT2D eigenvalue weighted by Crippen LogP contribution is 2.39. The molecule has 114 valence electrons. The van der Waals surface area contributed by atoms with Crippen LogP contribution in [-0.4, -0.2) is 15.0 Å². The summed E-state index contributed by atoms with van der Waals surface area (Å²) in [4.78, 5) is 12.1. The molecule has 1 aromatic carbocycles. The van der Waals surface area contributed by atoms with E-state index in [-0.39, 0.29) is 5.82 Å². The van der Waals surface area contributed by atoms with Gasteiger partial charge in [0.15, 0.2) is 0 Å². The number of nitrogens with two attached hydrogens (primary N) is 1. The largest absolute Gasteiger partial charge is 0.382 e. The van der Waals surface area contributed by atoms with Crippen LogP contribution in [0.1, 0.15) is 0 Å². The predicted octanol–water partition coefficient (Wildman–Crippen LogP) is 4.21. The van der Waals surface area contributed by atoms with Crippen LogP contribution in [0.4, 0.5) is 14.6 Å². The first kappa shape index (κ1) is 13.8. The van der Waals surface area contributed by atoms with Crippen molar-refractivity contribution in [2.45, 2.75) is 0 Å². The summed E-state index contributed by atoms with van der Waals surface area (Å²) in [5, 5.41) is 1.30. The molecule has 23 heavy (non-hydrogen) atoms. The van der Waals surface area contributed by atoms with Gasteiger partial charge >= 0.3 is 0 Å².